The van der Waals surface area contributed by atoms with Crippen LogP contribution in [0.3, 0.4) is 0 Å². The lowest BCUT2D eigenvalue weighted by Crippen LogP contribution is -2.42. The van der Waals surface area contributed by atoms with Crippen molar-refractivity contribution in [1.82, 2.24) is 20.2 Å². The van der Waals surface area contributed by atoms with Crippen LogP contribution in [0, 0.1) is 0 Å². The number of rotatable bonds is 6. The molecule has 1 aliphatic heterocycles. The van der Waals surface area contributed by atoms with E-state index in [1.807, 2.05) is 35.2 Å². The van der Waals surface area contributed by atoms with Gasteiger partial charge < -0.3 is 15.0 Å². The van der Waals surface area contributed by atoms with Crippen LogP contribution in [-0.4, -0.2) is 52.9 Å². The molecular formula is C19H22N4O3. The van der Waals surface area contributed by atoms with E-state index in [0.717, 1.165) is 5.56 Å². The molecule has 0 radical (unpaired) electrons. The monoisotopic (exact) mass is 354 g/mol. The fourth-order valence-electron chi connectivity index (χ4n) is 2.85. The second-order valence-electron chi connectivity index (χ2n) is 6.06. The van der Waals surface area contributed by atoms with Crippen molar-refractivity contribution in [2.45, 2.75) is 18.9 Å². The van der Waals surface area contributed by atoms with Gasteiger partial charge in [0.1, 0.15) is 11.8 Å². The van der Waals surface area contributed by atoms with E-state index >= 15 is 0 Å². The van der Waals surface area contributed by atoms with Gasteiger partial charge in [0.05, 0.1) is 19.3 Å². The van der Waals surface area contributed by atoms with Crippen LogP contribution >= 0.6 is 0 Å². The molecular weight excluding hydrogens is 332 g/mol. The molecule has 1 aromatic heterocycles. The molecule has 3 rings (SSSR count). The van der Waals surface area contributed by atoms with Gasteiger partial charge in [0.2, 0.25) is 5.91 Å². The number of ether oxygens (including phenoxy) is 1. The Morgan fingerprint density at radius 2 is 2.08 bits per heavy atom. The predicted octanol–water partition coefficient (Wildman–Crippen LogP) is 1.59. The maximum absolute atomic E-state index is 12.4. The molecule has 2 heterocycles. The molecule has 7 nitrogen and oxygen atoms in total. The Balaban J connectivity index is 1.41. The molecule has 1 fully saturated rings. The highest BCUT2D eigenvalue weighted by molar-refractivity contribution is 5.91. The third-order valence-electron chi connectivity index (χ3n) is 4.24. The lowest BCUT2D eigenvalue weighted by atomic mass is 10.1. The number of carbonyl (C=O) groups is 2. The highest BCUT2D eigenvalue weighted by Gasteiger charge is 2.24. The van der Waals surface area contributed by atoms with Gasteiger partial charge in [0.15, 0.2) is 0 Å². The average molecular weight is 354 g/mol. The number of nitrogens with zero attached hydrogens (tertiary/aromatic N) is 3. The highest BCUT2D eigenvalue weighted by Crippen LogP contribution is 2.22. The van der Waals surface area contributed by atoms with Gasteiger partial charge in [-0.2, -0.15) is 0 Å². The standard InChI is InChI=1S/C19H22N4O3/c24-18(7-4-8-22-19(25)16-13-20-9-10-21-16)23-11-12-26-17(14-23)15-5-2-1-3-6-15/h1-3,5-6,9-10,13,17H,4,7-8,11-12,14H2,(H,22,25). The lowest BCUT2D eigenvalue weighted by molar-refractivity contribution is -0.139. The van der Waals surface area contributed by atoms with Gasteiger partial charge in [0.25, 0.3) is 5.91 Å². The number of benzene rings is 1. The first-order valence-electron chi connectivity index (χ1n) is 8.72. The average Bonchev–Trinajstić information content (AvgIpc) is 2.72. The number of hydrogen-bond donors (Lipinski definition) is 1. The van der Waals surface area contributed by atoms with Gasteiger partial charge in [-0.15, -0.1) is 0 Å². The first-order chi connectivity index (χ1) is 12.7. The molecule has 1 N–H and O–H groups in total. The van der Waals surface area contributed by atoms with Gasteiger partial charge in [-0.05, 0) is 12.0 Å². The Hall–Kier alpha value is -2.80. The second-order valence-corrected chi connectivity index (χ2v) is 6.06. The van der Waals surface area contributed by atoms with Crippen LogP contribution in [0.4, 0.5) is 0 Å². The summed E-state index contributed by atoms with van der Waals surface area (Å²) in [5.41, 5.74) is 1.36. The van der Waals surface area contributed by atoms with Gasteiger partial charge in [-0.3, -0.25) is 14.6 Å². The van der Waals surface area contributed by atoms with Crippen molar-refractivity contribution < 1.29 is 14.3 Å². The van der Waals surface area contributed by atoms with E-state index in [9.17, 15) is 9.59 Å². The third kappa shape index (κ3) is 4.86. The summed E-state index contributed by atoms with van der Waals surface area (Å²) in [7, 11) is 0. The highest BCUT2D eigenvalue weighted by atomic mass is 16.5. The Kier molecular flexibility index (Phi) is 6.27. The maximum Gasteiger partial charge on any atom is 0.271 e. The molecule has 136 valence electrons. The van der Waals surface area contributed by atoms with E-state index in [1.54, 1.807) is 0 Å². The zero-order valence-corrected chi connectivity index (χ0v) is 14.5. The van der Waals surface area contributed by atoms with Crippen molar-refractivity contribution in [3.63, 3.8) is 0 Å². The molecule has 1 saturated heterocycles. The Bertz CT molecular complexity index is 724. The van der Waals surface area contributed by atoms with Crippen molar-refractivity contribution >= 4 is 11.8 Å². The molecule has 2 aromatic rings. The van der Waals surface area contributed by atoms with Crippen LogP contribution in [-0.2, 0) is 9.53 Å². The molecule has 0 bridgehead atoms. The van der Waals surface area contributed by atoms with E-state index in [1.165, 1.54) is 18.6 Å². The first kappa shape index (κ1) is 18.0. The number of morpholine rings is 1. The van der Waals surface area contributed by atoms with Crippen LogP contribution in [0.5, 0.6) is 0 Å². The van der Waals surface area contributed by atoms with E-state index in [2.05, 4.69) is 15.3 Å². The molecule has 1 aliphatic rings. The summed E-state index contributed by atoms with van der Waals surface area (Å²) in [5.74, 6) is -0.191. The van der Waals surface area contributed by atoms with Gasteiger partial charge >= 0.3 is 0 Å². The van der Waals surface area contributed by atoms with Crippen molar-refractivity contribution in [1.29, 1.82) is 0 Å². The van der Waals surface area contributed by atoms with Gasteiger partial charge in [-0.1, -0.05) is 30.3 Å². The quantitative estimate of drug-likeness (QED) is 0.797. The summed E-state index contributed by atoms with van der Waals surface area (Å²) >= 11 is 0. The zero-order valence-electron chi connectivity index (χ0n) is 14.5. The van der Waals surface area contributed by atoms with E-state index < -0.39 is 0 Å². The van der Waals surface area contributed by atoms with Crippen LogP contribution in [0.15, 0.2) is 48.9 Å². The summed E-state index contributed by atoms with van der Waals surface area (Å²) in [6, 6.07) is 9.93. The van der Waals surface area contributed by atoms with Crippen LogP contribution < -0.4 is 5.32 Å². The van der Waals surface area contributed by atoms with Crippen molar-refractivity contribution in [2.75, 3.05) is 26.2 Å². The first-order valence-corrected chi connectivity index (χ1v) is 8.72. The number of aromatic nitrogens is 2. The third-order valence-corrected chi connectivity index (χ3v) is 4.24. The van der Waals surface area contributed by atoms with E-state index in [0.29, 0.717) is 39.1 Å². The molecule has 0 spiro atoms. The number of nitrogens with one attached hydrogen (secondary N) is 1. The summed E-state index contributed by atoms with van der Waals surface area (Å²) in [5, 5.41) is 2.75. The molecule has 1 unspecified atom stereocenters. The lowest BCUT2D eigenvalue weighted by Gasteiger charge is -2.33. The van der Waals surface area contributed by atoms with Gasteiger partial charge in [-0.25, -0.2) is 4.98 Å². The normalized spacial score (nSPS) is 16.9. The minimum atomic E-state index is -0.277. The van der Waals surface area contributed by atoms with Crippen molar-refractivity contribution in [3.8, 4) is 0 Å². The Labute approximate surface area is 152 Å². The largest absolute Gasteiger partial charge is 0.370 e. The molecule has 26 heavy (non-hydrogen) atoms. The fourth-order valence-corrected chi connectivity index (χ4v) is 2.85. The summed E-state index contributed by atoms with van der Waals surface area (Å²) in [4.78, 5) is 33.9. The SMILES string of the molecule is O=C(NCCCC(=O)N1CCOC(c2ccccc2)C1)c1cnccn1. The van der Waals surface area contributed by atoms with Crippen molar-refractivity contribution in [3.05, 3.63) is 60.2 Å². The van der Waals surface area contributed by atoms with Crippen LogP contribution in [0.1, 0.15) is 35.0 Å². The summed E-state index contributed by atoms with van der Waals surface area (Å²) in [6.07, 6.45) is 5.30. The van der Waals surface area contributed by atoms with Crippen LogP contribution in [0.25, 0.3) is 0 Å². The smallest absolute Gasteiger partial charge is 0.271 e. The van der Waals surface area contributed by atoms with E-state index in [4.69, 9.17) is 4.74 Å². The number of carbonyl (C=O) groups excluding carboxylic acids is 2. The molecule has 0 aliphatic carbocycles. The molecule has 2 amide bonds. The van der Waals surface area contributed by atoms with E-state index in [-0.39, 0.29) is 23.6 Å². The topological polar surface area (TPSA) is 84.4 Å². The number of hydrogen-bond acceptors (Lipinski definition) is 5. The minimum Gasteiger partial charge on any atom is -0.370 e. The molecule has 7 heteroatoms. The molecule has 1 aromatic carbocycles. The second kappa shape index (κ2) is 9.05. The van der Waals surface area contributed by atoms with Crippen LogP contribution in [0.2, 0.25) is 0 Å². The molecule has 1 atom stereocenters. The fraction of sp³-hybridized carbons (Fsp3) is 0.368. The Morgan fingerprint density at radius 3 is 2.85 bits per heavy atom. The Morgan fingerprint density at radius 1 is 1.23 bits per heavy atom. The summed E-state index contributed by atoms with van der Waals surface area (Å²) < 4.78 is 5.79. The number of amides is 2. The van der Waals surface area contributed by atoms with Gasteiger partial charge in [0, 0.05) is 31.9 Å². The summed E-state index contributed by atoms with van der Waals surface area (Å²) in [6.45, 7) is 2.13. The minimum absolute atomic E-state index is 0.0785. The zero-order chi connectivity index (χ0) is 18.2. The maximum atomic E-state index is 12.4. The van der Waals surface area contributed by atoms with Crippen molar-refractivity contribution in [2.24, 2.45) is 0 Å². The molecule has 0 saturated carbocycles. The predicted molar refractivity (Wildman–Crippen MR) is 95.3 cm³/mol.